The average Bonchev–Trinajstić information content (AvgIpc) is 2.90. The van der Waals surface area contributed by atoms with Crippen LogP contribution in [0.3, 0.4) is 0 Å². The van der Waals surface area contributed by atoms with Crippen molar-refractivity contribution < 1.29 is 45.6 Å². The van der Waals surface area contributed by atoms with E-state index in [2.05, 4.69) is 4.89 Å². The van der Waals surface area contributed by atoms with Gasteiger partial charge in [-0.2, -0.15) is 22.0 Å². The second-order valence-electron chi connectivity index (χ2n) is 8.76. The molecule has 3 rings (SSSR count). The number of alkyl halides is 3. The van der Waals surface area contributed by atoms with Gasteiger partial charge >= 0.3 is 6.18 Å². The van der Waals surface area contributed by atoms with Crippen molar-refractivity contribution in [2.45, 2.75) is 66.5 Å². The lowest BCUT2D eigenvalue weighted by Gasteiger charge is -2.16. The van der Waals surface area contributed by atoms with Gasteiger partial charge in [-0.25, -0.2) is 14.0 Å². The van der Waals surface area contributed by atoms with E-state index in [0.29, 0.717) is 6.42 Å². The Kier molecular flexibility index (Phi) is 13.3. The predicted molar refractivity (Wildman–Crippen MR) is 137 cm³/mol. The van der Waals surface area contributed by atoms with Gasteiger partial charge in [-0.05, 0) is 53.6 Å². The fourth-order valence-electron chi connectivity index (χ4n) is 3.36. The highest BCUT2D eigenvalue weighted by atomic mass is 19.4. The highest BCUT2D eigenvalue weighted by Crippen LogP contribution is 2.37. The average molecular weight is 563 g/mol. The molecule has 39 heavy (non-hydrogen) atoms. The first-order valence-electron chi connectivity index (χ1n) is 12.4. The van der Waals surface area contributed by atoms with E-state index in [4.69, 9.17) is 9.99 Å². The predicted octanol–water partition coefficient (Wildman–Crippen LogP) is 10.7. The van der Waals surface area contributed by atoms with Crippen LogP contribution < -0.4 is 9.62 Å². The smallest absolute Gasteiger partial charge is 0.389 e. The first-order chi connectivity index (χ1) is 18.3. The lowest BCUT2D eigenvalue weighted by Crippen LogP contribution is -2.10. The van der Waals surface area contributed by atoms with Crippen LogP contribution in [0.15, 0.2) is 48.5 Å². The first kappa shape index (κ1) is 33.8. The van der Waals surface area contributed by atoms with Gasteiger partial charge in [-0.3, -0.25) is 0 Å². The van der Waals surface area contributed by atoms with Gasteiger partial charge in [-0.1, -0.05) is 65.8 Å². The third-order valence-corrected chi connectivity index (χ3v) is 5.37. The van der Waals surface area contributed by atoms with E-state index in [9.17, 15) is 30.7 Å². The van der Waals surface area contributed by atoms with E-state index in [-0.39, 0.29) is 17.4 Å². The molecule has 216 valence electrons. The Bertz CT molecular complexity index is 1130. The highest BCUT2D eigenvalue weighted by Gasteiger charge is 2.29. The lowest BCUT2D eigenvalue weighted by atomic mass is 9.96. The Balaban J connectivity index is 0.000000654. The van der Waals surface area contributed by atoms with E-state index in [1.54, 1.807) is 57.2 Å². The van der Waals surface area contributed by atoms with Crippen molar-refractivity contribution in [1.29, 1.82) is 0 Å². The quantitative estimate of drug-likeness (QED) is 0.135. The molecule has 0 saturated carbocycles. The summed E-state index contributed by atoms with van der Waals surface area (Å²) in [5.41, 5.74) is 0.900. The van der Waals surface area contributed by atoms with Gasteiger partial charge in [0, 0.05) is 12.0 Å². The molecule has 10 heteroatoms. The van der Waals surface area contributed by atoms with Gasteiger partial charge in [0.15, 0.2) is 17.4 Å². The highest BCUT2D eigenvalue weighted by molar-refractivity contribution is 5.65. The van der Waals surface area contributed by atoms with Crippen LogP contribution in [0, 0.1) is 29.2 Å². The van der Waals surface area contributed by atoms with Crippen molar-refractivity contribution in [1.82, 2.24) is 0 Å². The Morgan fingerprint density at radius 2 is 1.13 bits per heavy atom. The van der Waals surface area contributed by atoms with Crippen molar-refractivity contribution >= 4 is 0 Å². The van der Waals surface area contributed by atoms with Crippen LogP contribution in [0.4, 0.5) is 30.7 Å². The third-order valence-electron chi connectivity index (χ3n) is 5.37. The molecule has 0 aromatic heterocycles. The van der Waals surface area contributed by atoms with Gasteiger partial charge in [0.05, 0.1) is 0 Å². The zero-order chi connectivity index (χ0) is 29.9. The number of halogens is 7. The second kappa shape index (κ2) is 15.4. The van der Waals surface area contributed by atoms with Crippen molar-refractivity contribution in [2.24, 2.45) is 5.92 Å². The van der Waals surface area contributed by atoms with Crippen LogP contribution in [-0.2, 0) is 0 Å². The number of hydrogen-bond acceptors (Lipinski definition) is 3. The largest absolute Gasteiger partial charge is 0.451 e. The van der Waals surface area contributed by atoms with Crippen LogP contribution in [0.25, 0.3) is 11.1 Å². The van der Waals surface area contributed by atoms with Gasteiger partial charge in [-0.15, -0.1) is 0 Å². The normalized spacial score (nSPS) is 11.7. The standard InChI is InChI=1S/C22H18F4O3.C5H9F3.C2H6/c1-3-12(2)17-18(23)20(25)22(21(26)19(17)24)28-15-8-4-13(5-9-15)14-6-10-16(29-27)11-7-14;1-4(2)3-5(6,7)8;1-2/h4-12,27H,3H2,1-2H3;4H,3H2,1-2H3;1-2H3. The summed E-state index contributed by atoms with van der Waals surface area (Å²) in [5, 5.41) is 8.59. The summed E-state index contributed by atoms with van der Waals surface area (Å²) in [6.07, 6.45) is -4.33. The van der Waals surface area contributed by atoms with Crippen molar-refractivity contribution in [2.75, 3.05) is 0 Å². The molecule has 0 spiro atoms. The molecular formula is C29H33F7O3. The van der Waals surface area contributed by atoms with Gasteiger partial charge in [0.25, 0.3) is 0 Å². The van der Waals surface area contributed by atoms with Crippen LogP contribution in [0.5, 0.6) is 17.2 Å². The van der Waals surface area contributed by atoms with E-state index in [1.807, 2.05) is 13.8 Å². The van der Waals surface area contributed by atoms with Crippen LogP contribution in [0.2, 0.25) is 0 Å². The Morgan fingerprint density at radius 1 is 0.718 bits per heavy atom. The molecule has 0 bridgehead atoms. The summed E-state index contributed by atoms with van der Waals surface area (Å²) >= 11 is 0. The SMILES string of the molecule is CC.CC(C)CC(F)(F)F.CCC(C)c1c(F)c(F)c(Oc2ccc(-c3ccc(OO)cc3)cc2)c(F)c1F. The number of benzene rings is 3. The minimum absolute atomic E-state index is 0.0111. The molecule has 0 amide bonds. The Labute approximate surface area is 224 Å². The van der Waals surface area contributed by atoms with Gasteiger partial charge in [0.1, 0.15) is 5.75 Å². The molecule has 3 nitrogen and oxygen atoms in total. The molecule has 0 aliphatic heterocycles. The number of ether oxygens (including phenoxy) is 1. The Hall–Kier alpha value is -3.27. The molecule has 1 atom stereocenters. The second-order valence-corrected chi connectivity index (χ2v) is 8.76. The number of rotatable bonds is 7. The van der Waals surface area contributed by atoms with Gasteiger partial charge < -0.3 is 9.62 Å². The topological polar surface area (TPSA) is 38.7 Å². The van der Waals surface area contributed by atoms with E-state index < -0.39 is 53.1 Å². The van der Waals surface area contributed by atoms with Crippen LogP contribution in [-0.4, -0.2) is 11.4 Å². The van der Waals surface area contributed by atoms with E-state index >= 15 is 0 Å². The van der Waals surface area contributed by atoms with Crippen molar-refractivity contribution in [3.63, 3.8) is 0 Å². The first-order valence-corrected chi connectivity index (χ1v) is 12.4. The van der Waals surface area contributed by atoms with Crippen molar-refractivity contribution in [3.05, 3.63) is 77.4 Å². The molecule has 0 radical (unpaired) electrons. The molecule has 1 unspecified atom stereocenters. The molecule has 3 aromatic rings. The zero-order valence-corrected chi connectivity index (χ0v) is 22.6. The molecule has 0 aliphatic rings. The Morgan fingerprint density at radius 3 is 1.44 bits per heavy atom. The maximum atomic E-state index is 14.4. The van der Waals surface area contributed by atoms with Crippen LogP contribution >= 0.6 is 0 Å². The molecule has 1 N–H and O–H groups in total. The van der Waals surface area contributed by atoms with E-state index in [1.165, 1.54) is 19.1 Å². The molecule has 0 saturated heterocycles. The summed E-state index contributed by atoms with van der Waals surface area (Å²) < 4.78 is 96.4. The summed E-state index contributed by atoms with van der Waals surface area (Å²) in [4.78, 5) is 4.11. The summed E-state index contributed by atoms with van der Waals surface area (Å²) in [6.45, 7) is 10.2. The summed E-state index contributed by atoms with van der Waals surface area (Å²) in [6, 6.07) is 12.6. The molecular weight excluding hydrogens is 529 g/mol. The number of hydrogen-bond donors (Lipinski definition) is 1. The van der Waals surface area contributed by atoms with Crippen molar-refractivity contribution in [3.8, 4) is 28.4 Å². The molecule has 0 fully saturated rings. The zero-order valence-electron chi connectivity index (χ0n) is 22.6. The lowest BCUT2D eigenvalue weighted by molar-refractivity contribution is -0.141. The molecule has 3 aromatic carbocycles. The summed E-state index contributed by atoms with van der Waals surface area (Å²) in [7, 11) is 0. The fraction of sp³-hybridized carbons (Fsp3) is 0.379. The minimum atomic E-state index is -3.98. The summed E-state index contributed by atoms with van der Waals surface area (Å²) in [5.74, 6) is -7.84. The monoisotopic (exact) mass is 562 g/mol. The van der Waals surface area contributed by atoms with Gasteiger partial charge in [0.2, 0.25) is 17.4 Å². The maximum Gasteiger partial charge on any atom is 0.389 e. The molecule has 0 heterocycles. The fourth-order valence-corrected chi connectivity index (χ4v) is 3.36. The minimum Gasteiger partial charge on any atom is -0.451 e. The van der Waals surface area contributed by atoms with E-state index in [0.717, 1.165) is 11.1 Å². The molecule has 0 aliphatic carbocycles. The maximum absolute atomic E-state index is 14.4. The third kappa shape index (κ3) is 9.76. The van der Waals surface area contributed by atoms with Crippen LogP contribution in [0.1, 0.15) is 65.9 Å².